The van der Waals surface area contributed by atoms with Crippen molar-refractivity contribution in [2.45, 2.75) is 33.7 Å². The molecule has 0 spiro atoms. The fraction of sp³-hybridized carbons (Fsp3) is 0.412. The van der Waals surface area contributed by atoms with Crippen LogP contribution < -0.4 is 10.1 Å². The zero-order chi connectivity index (χ0) is 15.4. The standard InChI is InChI=1S/C17H23N3O/c1-6-18-15(16-17(21-5)20-8-7-19-16)14-12(3)9-11(2)10-13(14)4/h7-10,15,18H,6H2,1-5H3. The molecule has 4 heteroatoms. The van der Waals surface area contributed by atoms with Gasteiger partial charge in [0.25, 0.3) is 0 Å². The molecule has 2 aromatic rings. The lowest BCUT2D eigenvalue weighted by Gasteiger charge is -2.23. The lowest BCUT2D eigenvalue weighted by molar-refractivity contribution is 0.383. The van der Waals surface area contributed by atoms with Crippen molar-refractivity contribution in [1.82, 2.24) is 15.3 Å². The van der Waals surface area contributed by atoms with E-state index < -0.39 is 0 Å². The van der Waals surface area contributed by atoms with Gasteiger partial charge in [0.1, 0.15) is 5.69 Å². The second kappa shape index (κ2) is 6.68. The van der Waals surface area contributed by atoms with Gasteiger partial charge in [-0.05, 0) is 44.0 Å². The first-order valence-corrected chi connectivity index (χ1v) is 7.24. The Morgan fingerprint density at radius 1 is 1.10 bits per heavy atom. The van der Waals surface area contributed by atoms with Crippen LogP contribution in [0.15, 0.2) is 24.5 Å². The van der Waals surface area contributed by atoms with Gasteiger partial charge in [0.15, 0.2) is 0 Å². The zero-order valence-electron chi connectivity index (χ0n) is 13.4. The van der Waals surface area contributed by atoms with Crippen molar-refractivity contribution >= 4 is 0 Å². The van der Waals surface area contributed by atoms with E-state index >= 15 is 0 Å². The first kappa shape index (κ1) is 15.4. The Bertz CT molecular complexity index is 602. The van der Waals surface area contributed by atoms with E-state index in [1.807, 2.05) is 0 Å². The molecule has 1 unspecified atom stereocenters. The minimum Gasteiger partial charge on any atom is -0.480 e. The van der Waals surface area contributed by atoms with Gasteiger partial charge in [-0.25, -0.2) is 4.98 Å². The van der Waals surface area contributed by atoms with Crippen molar-refractivity contribution in [2.24, 2.45) is 0 Å². The van der Waals surface area contributed by atoms with E-state index in [0.717, 1.165) is 12.2 Å². The van der Waals surface area contributed by atoms with Crippen molar-refractivity contribution < 1.29 is 4.74 Å². The van der Waals surface area contributed by atoms with Crippen LogP contribution in [0.25, 0.3) is 0 Å². The lowest BCUT2D eigenvalue weighted by atomic mass is 9.92. The summed E-state index contributed by atoms with van der Waals surface area (Å²) in [5, 5.41) is 3.51. The molecule has 1 heterocycles. The number of nitrogens with one attached hydrogen (secondary N) is 1. The van der Waals surface area contributed by atoms with Gasteiger partial charge in [-0.1, -0.05) is 24.6 Å². The summed E-state index contributed by atoms with van der Waals surface area (Å²) in [6.07, 6.45) is 3.36. The van der Waals surface area contributed by atoms with Crippen molar-refractivity contribution in [1.29, 1.82) is 0 Å². The van der Waals surface area contributed by atoms with E-state index in [2.05, 4.69) is 55.1 Å². The maximum absolute atomic E-state index is 5.38. The highest BCUT2D eigenvalue weighted by atomic mass is 16.5. The Kier molecular flexibility index (Phi) is 4.91. The van der Waals surface area contributed by atoms with Gasteiger partial charge in [-0.15, -0.1) is 0 Å². The van der Waals surface area contributed by atoms with Crippen LogP contribution in [0.4, 0.5) is 0 Å². The Balaban J connectivity index is 2.59. The SMILES string of the molecule is CCNC(c1nccnc1OC)c1c(C)cc(C)cc1C. The average molecular weight is 285 g/mol. The van der Waals surface area contributed by atoms with Crippen LogP contribution in [-0.2, 0) is 0 Å². The summed E-state index contributed by atoms with van der Waals surface area (Å²) in [4.78, 5) is 8.78. The van der Waals surface area contributed by atoms with E-state index in [9.17, 15) is 0 Å². The molecule has 21 heavy (non-hydrogen) atoms. The van der Waals surface area contributed by atoms with Crippen LogP contribution in [0.2, 0.25) is 0 Å². The molecule has 0 saturated heterocycles. The van der Waals surface area contributed by atoms with Crippen LogP contribution in [-0.4, -0.2) is 23.6 Å². The highest BCUT2D eigenvalue weighted by Crippen LogP contribution is 2.31. The average Bonchev–Trinajstić information content (AvgIpc) is 2.45. The summed E-state index contributed by atoms with van der Waals surface area (Å²) in [6, 6.07) is 4.39. The molecule has 1 N–H and O–H groups in total. The maximum Gasteiger partial charge on any atom is 0.237 e. The summed E-state index contributed by atoms with van der Waals surface area (Å²) in [6.45, 7) is 9.34. The predicted octanol–water partition coefficient (Wildman–Crippen LogP) is 3.11. The van der Waals surface area contributed by atoms with Gasteiger partial charge < -0.3 is 10.1 Å². The molecule has 4 nitrogen and oxygen atoms in total. The molecule has 0 fully saturated rings. The molecule has 112 valence electrons. The van der Waals surface area contributed by atoms with Gasteiger partial charge in [0.2, 0.25) is 5.88 Å². The van der Waals surface area contributed by atoms with Crippen LogP contribution in [0.1, 0.15) is 40.9 Å². The van der Waals surface area contributed by atoms with Crippen molar-refractivity contribution in [2.75, 3.05) is 13.7 Å². The Morgan fingerprint density at radius 2 is 1.71 bits per heavy atom. The summed E-state index contributed by atoms with van der Waals surface area (Å²) < 4.78 is 5.38. The molecule has 0 amide bonds. The summed E-state index contributed by atoms with van der Waals surface area (Å²) in [5.41, 5.74) is 5.87. The van der Waals surface area contributed by atoms with Gasteiger partial charge in [0.05, 0.1) is 13.2 Å². The largest absolute Gasteiger partial charge is 0.480 e. The summed E-state index contributed by atoms with van der Waals surface area (Å²) >= 11 is 0. The minimum atomic E-state index is -0.0146. The molecule has 0 aliphatic rings. The van der Waals surface area contributed by atoms with Crippen LogP contribution in [0.3, 0.4) is 0 Å². The number of nitrogens with zero attached hydrogens (tertiary/aromatic N) is 2. The molecule has 1 atom stereocenters. The van der Waals surface area contributed by atoms with Crippen LogP contribution in [0, 0.1) is 20.8 Å². The first-order valence-electron chi connectivity index (χ1n) is 7.24. The smallest absolute Gasteiger partial charge is 0.237 e. The third kappa shape index (κ3) is 3.22. The van der Waals surface area contributed by atoms with Gasteiger partial charge in [-0.3, -0.25) is 4.98 Å². The molecular weight excluding hydrogens is 262 g/mol. The second-order valence-corrected chi connectivity index (χ2v) is 5.25. The molecular formula is C17H23N3O. The fourth-order valence-electron chi connectivity index (χ4n) is 2.88. The Labute approximate surface area is 126 Å². The molecule has 0 aliphatic heterocycles. The molecule has 1 aromatic carbocycles. The van der Waals surface area contributed by atoms with Gasteiger partial charge in [-0.2, -0.15) is 0 Å². The number of methoxy groups -OCH3 is 1. The normalized spacial score (nSPS) is 12.2. The minimum absolute atomic E-state index is 0.0146. The number of rotatable bonds is 5. The molecule has 0 radical (unpaired) electrons. The first-order chi connectivity index (χ1) is 10.1. The zero-order valence-corrected chi connectivity index (χ0v) is 13.4. The predicted molar refractivity (Wildman–Crippen MR) is 84.8 cm³/mol. The number of benzene rings is 1. The molecule has 0 saturated carbocycles. The number of aromatic nitrogens is 2. The fourth-order valence-corrected chi connectivity index (χ4v) is 2.88. The summed E-state index contributed by atoms with van der Waals surface area (Å²) in [5.74, 6) is 0.572. The van der Waals surface area contributed by atoms with Crippen molar-refractivity contribution in [3.05, 3.63) is 52.5 Å². The molecule has 1 aromatic heterocycles. The van der Waals surface area contributed by atoms with E-state index in [1.165, 1.54) is 22.3 Å². The number of ether oxygens (including phenoxy) is 1. The van der Waals surface area contributed by atoms with E-state index in [0.29, 0.717) is 5.88 Å². The molecule has 0 aliphatic carbocycles. The second-order valence-electron chi connectivity index (χ2n) is 5.25. The Hall–Kier alpha value is -1.94. The van der Waals surface area contributed by atoms with E-state index in [-0.39, 0.29) is 6.04 Å². The highest BCUT2D eigenvalue weighted by Gasteiger charge is 2.23. The third-order valence-corrected chi connectivity index (χ3v) is 3.59. The van der Waals surface area contributed by atoms with E-state index in [4.69, 9.17) is 4.74 Å². The quantitative estimate of drug-likeness (QED) is 0.917. The van der Waals surface area contributed by atoms with Crippen molar-refractivity contribution in [3.8, 4) is 5.88 Å². The number of aryl methyl sites for hydroxylation is 3. The number of hydrogen-bond acceptors (Lipinski definition) is 4. The number of hydrogen-bond donors (Lipinski definition) is 1. The monoisotopic (exact) mass is 285 g/mol. The third-order valence-electron chi connectivity index (χ3n) is 3.59. The highest BCUT2D eigenvalue weighted by molar-refractivity contribution is 5.44. The van der Waals surface area contributed by atoms with Crippen LogP contribution in [0.5, 0.6) is 5.88 Å². The van der Waals surface area contributed by atoms with E-state index in [1.54, 1.807) is 19.5 Å². The summed E-state index contributed by atoms with van der Waals surface area (Å²) in [7, 11) is 1.63. The molecule has 0 bridgehead atoms. The lowest BCUT2D eigenvalue weighted by Crippen LogP contribution is -2.25. The van der Waals surface area contributed by atoms with Gasteiger partial charge >= 0.3 is 0 Å². The van der Waals surface area contributed by atoms with Crippen LogP contribution >= 0.6 is 0 Å². The molecule has 2 rings (SSSR count). The van der Waals surface area contributed by atoms with Crippen molar-refractivity contribution in [3.63, 3.8) is 0 Å². The topological polar surface area (TPSA) is 47.0 Å². The van der Waals surface area contributed by atoms with Gasteiger partial charge in [0, 0.05) is 12.4 Å². The Morgan fingerprint density at radius 3 is 2.29 bits per heavy atom. The maximum atomic E-state index is 5.38.